The summed E-state index contributed by atoms with van der Waals surface area (Å²) in [7, 11) is 0. The van der Waals surface area contributed by atoms with Gasteiger partial charge in [-0.15, -0.1) is 0 Å². The lowest BCUT2D eigenvalue weighted by atomic mass is 9.88. The van der Waals surface area contributed by atoms with Crippen LogP contribution in [0.25, 0.3) is 0 Å². The van der Waals surface area contributed by atoms with Crippen LogP contribution < -0.4 is 10.1 Å². The lowest BCUT2D eigenvalue weighted by Crippen LogP contribution is -2.25. The first-order valence-corrected chi connectivity index (χ1v) is 8.30. The number of para-hydroxylation sites is 1. The van der Waals surface area contributed by atoms with E-state index in [1.807, 2.05) is 56.3 Å². The summed E-state index contributed by atoms with van der Waals surface area (Å²) in [6, 6.07) is 13.5. The standard InChI is InChI=1S/C21H19NO3/c1-12-7-8-14(9-13(12)2)22-21(24)17-11-20-16(10-18(17)23)15-5-3-4-6-19(15)25-20/h3-11,16,20,23H,1-2H3,(H,22,24)/t16-,20+/m1/s1. The fraction of sp³-hybridized carbons (Fsp3) is 0.190. The molecule has 0 radical (unpaired) electrons. The highest BCUT2D eigenvalue weighted by Crippen LogP contribution is 2.42. The van der Waals surface area contributed by atoms with E-state index in [1.54, 1.807) is 12.2 Å². The SMILES string of the molecule is Cc1ccc(NC(=O)C2=C[C@@H]3Oc4ccccc4[C@H]3C=C2O)cc1C. The maximum absolute atomic E-state index is 12.6. The summed E-state index contributed by atoms with van der Waals surface area (Å²) in [5.74, 6) is 0.390. The highest BCUT2D eigenvalue weighted by Gasteiger charge is 2.36. The summed E-state index contributed by atoms with van der Waals surface area (Å²) in [5.41, 5.74) is 4.25. The minimum atomic E-state index is -0.338. The minimum Gasteiger partial charge on any atom is -0.507 e. The van der Waals surface area contributed by atoms with Gasteiger partial charge in [-0.2, -0.15) is 0 Å². The Hall–Kier alpha value is -3.01. The molecule has 4 rings (SSSR count). The lowest BCUT2D eigenvalue weighted by molar-refractivity contribution is -0.112. The van der Waals surface area contributed by atoms with E-state index in [4.69, 9.17) is 4.74 Å². The molecule has 2 aromatic rings. The largest absolute Gasteiger partial charge is 0.507 e. The predicted octanol–water partition coefficient (Wildman–Crippen LogP) is 4.17. The van der Waals surface area contributed by atoms with Crippen LogP contribution in [-0.4, -0.2) is 17.1 Å². The van der Waals surface area contributed by atoms with E-state index >= 15 is 0 Å². The molecule has 1 aliphatic heterocycles. The van der Waals surface area contributed by atoms with Crippen LogP contribution in [0.3, 0.4) is 0 Å². The van der Waals surface area contributed by atoms with Crippen molar-refractivity contribution in [3.8, 4) is 5.75 Å². The van der Waals surface area contributed by atoms with Gasteiger partial charge in [0.1, 0.15) is 17.6 Å². The molecule has 2 N–H and O–H groups in total. The van der Waals surface area contributed by atoms with Crippen LogP contribution in [0.4, 0.5) is 5.69 Å². The third kappa shape index (κ3) is 2.70. The molecule has 2 atom stereocenters. The summed E-state index contributed by atoms with van der Waals surface area (Å²) >= 11 is 0. The van der Waals surface area contributed by atoms with Crippen molar-refractivity contribution >= 4 is 11.6 Å². The molecule has 4 heteroatoms. The second-order valence-corrected chi connectivity index (χ2v) is 6.53. The van der Waals surface area contributed by atoms with Gasteiger partial charge in [-0.05, 0) is 55.3 Å². The van der Waals surface area contributed by atoms with Crippen LogP contribution in [0.2, 0.25) is 0 Å². The number of fused-ring (bicyclic) bond motifs is 3. The Kier molecular flexibility index (Phi) is 3.61. The Morgan fingerprint density at radius 1 is 1.08 bits per heavy atom. The molecule has 0 unspecified atom stereocenters. The molecule has 0 bridgehead atoms. The molecule has 126 valence electrons. The molecule has 0 fully saturated rings. The monoisotopic (exact) mass is 333 g/mol. The Bertz CT molecular complexity index is 926. The molecule has 2 aromatic carbocycles. The topological polar surface area (TPSA) is 58.6 Å². The average molecular weight is 333 g/mol. The van der Waals surface area contributed by atoms with Crippen LogP contribution in [0, 0.1) is 13.8 Å². The molecule has 1 aliphatic carbocycles. The van der Waals surface area contributed by atoms with Crippen LogP contribution in [0.1, 0.15) is 22.6 Å². The fourth-order valence-electron chi connectivity index (χ4n) is 3.30. The lowest BCUT2D eigenvalue weighted by Gasteiger charge is -2.20. The fourth-order valence-corrected chi connectivity index (χ4v) is 3.30. The van der Waals surface area contributed by atoms with Gasteiger partial charge in [-0.1, -0.05) is 24.3 Å². The zero-order chi connectivity index (χ0) is 17.6. The Balaban J connectivity index is 1.58. The maximum Gasteiger partial charge on any atom is 0.259 e. The van der Waals surface area contributed by atoms with E-state index in [9.17, 15) is 9.90 Å². The van der Waals surface area contributed by atoms with Crippen molar-refractivity contribution < 1.29 is 14.6 Å². The zero-order valence-corrected chi connectivity index (χ0v) is 14.1. The number of hydrogen-bond donors (Lipinski definition) is 2. The van der Waals surface area contributed by atoms with Crippen molar-refractivity contribution in [1.29, 1.82) is 0 Å². The summed E-state index contributed by atoms with van der Waals surface area (Å²) in [6.07, 6.45) is 3.14. The molecule has 1 amide bonds. The highest BCUT2D eigenvalue weighted by molar-refractivity contribution is 6.06. The predicted molar refractivity (Wildman–Crippen MR) is 96.9 cm³/mol. The van der Waals surface area contributed by atoms with Gasteiger partial charge in [0, 0.05) is 11.3 Å². The van der Waals surface area contributed by atoms with Crippen molar-refractivity contribution in [3.63, 3.8) is 0 Å². The number of carbonyl (C=O) groups excluding carboxylic acids is 1. The molecule has 2 aliphatic rings. The maximum atomic E-state index is 12.6. The summed E-state index contributed by atoms with van der Waals surface area (Å²) in [4.78, 5) is 12.6. The van der Waals surface area contributed by atoms with Gasteiger partial charge < -0.3 is 15.2 Å². The van der Waals surface area contributed by atoms with Crippen molar-refractivity contribution in [3.05, 3.63) is 82.6 Å². The van der Waals surface area contributed by atoms with Gasteiger partial charge in [0.25, 0.3) is 5.91 Å². The molecule has 0 aromatic heterocycles. The number of nitrogens with one attached hydrogen (secondary N) is 1. The normalized spacial score (nSPS) is 20.7. The molecule has 0 spiro atoms. The number of amides is 1. The second-order valence-electron chi connectivity index (χ2n) is 6.53. The first kappa shape index (κ1) is 15.5. The first-order valence-electron chi connectivity index (χ1n) is 8.30. The molecule has 1 heterocycles. The molecule has 0 saturated heterocycles. The summed E-state index contributed by atoms with van der Waals surface area (Å²) < 4.78 is 5.91. The van der Waals surface area contributed by atoms with Gasteiger partial charge in [-0.3, -0.25) is 4.79 Å². The van der Waals surface area contributed by atoms with Gasteiger partial charge >= 0.3 is 0 Å². The van der Waals surface area contributed by atoms with Crippen molar-refractivity contribution in [1.82, 2.24) is 0 Å². The minimum absolute atomic E-state index is 0.0112. The smallest absolute Gasteiger partial charge is 0.259 e. The zero-order valence-electron chi connectivity index (χ0n) is 14.1. The number of benzene rings is 2. The van der Waals surface area contributed by atoms with Crippen LogP contribution in [0.15, 0.2) is 65.9 Å². The number of ether oxygens (including phenoxy) is 1. The first-order chi connectivity index (χ1) is 12.0. The number of carbonyl (C=O) groups is 1. The van der Waals surface area contributed by atoms with E-state index < -0.39 is 0 Å². The van der Waals surface area contributed by atoms with Gasteiger partial charge in [0.05, 0.1) is 11.5 Å². The van der Waals surface area contributed by atoms with E-state index in [0.29, 0.717) is 5.69 Å². The quantitative estimate of drug-likeness (QED) is 0.867. The van der Waals surface area contributed by atoms with E-state index in [-0.39, 0.29) is 29.3 Å². The van der Waals surface area contributed by atoms with Gasteiger partial charge in [-0.25, -0.2) is 0 Å². The van der Waals surface area contributed by atoms with E-state index in [2.05, 4.69) is 5.32 Å². The molecular weight excluding hydrogens is 314 g/mol. The number of aryl methyl sites for hydroxylation is 2. The third-order valence-corrected chi connectivity index (χ3v) is 4.85. The molecule has 4 nitrogen and oxygen atoms in total. The van der Waals surface area contributed by atoms with Gasteiger partial charge in [0.2, 0.25) is 0 Å². The van der Waals surface area contributed by atoms with Crippen LogP contribution in [-0.2, 0) is 4.79 Å². The van der Waals surface area contributed by atoms with E-state index in [0.717, 1.165) is 22.4 Å². The highest BCUT2D eigenvalue weighted by atomic mass is 16.5. The van der Waals surface area contributed by atoms with Crippen molar-refractivity contribution in [2.24, 2.45) is 0 Å². The number of aliphatic hydroxyl groups excluding tert-OH is 1. The number of anilines is 1. The second kappa shape index (κ2) is 5.81. The molecule has 25 heavy (non-hydrogen) atoms. The van der Waals surface area contributed by atoms with Gasteiger partial charge in [0.15, 0.2) is 0 Å². The Morgan fingerprint density at radius 2 is 1.88 bits per heavy atom. The van der Waals surface area contributed by atoms with E-state index in [1.165, 1.54) is 0 Å². The summed E-state index contributed by atoms with van der Waals surface area (Å²) in [5, 5.41) is 13.2. The average Bonchev–Trinajstić information content (AvgIpc) is 2.95. The Morgan fingerprint density at radius 3 is 2.68 bits per heavy atom. The molecular formula is C21H19NO3. The molecule has 0 saturated carbocycles. The van der Waals surface area contributed by atoms with Crippen LogP contribution in [0.5, 0.6) is 5.75 Å². The number of rotatable bonds is 2. The third-order valence-electron chi connectivity index (χ3n) is 4.85. The van der Waals surface area contributed by atoms with Crippen molar-refractivity contribution in [2.45, 2.75) is 25.9 Å². The summed E-state index contributed by atoms with van der Waals surface area (Å²) in [6.45, 7) is 4.02. The van der Waals surface area contributed by atoms with Crippen molar-refractivity contribution in [2.75, 3.05) is 5.32 Å². The number of aliphatic hydroxyl groups is 1. The van der Waals surface area contributed by atoms with Crippen LogP contribution >= 0.6 is 0 Å². The Labute approximate surface area is 146 Å². The number of hydrogen-bond acceptors (Lipinski definition) is 3.